The molecule has 0 aliphatic carbocycles. The number of aliphatic imine (C=N–C) groups is 1. The molecule has 1 unspecified atom stereocenters. The van der Waals surface area contributed by atoms with Crippen molar-refractivity contribution < 1.29 is 5.11 Å². The van der Waals surface area contributed by atoms with E-state index >= 15 is 0 Å². The van der Waals surface area contributed by atoms with E-state index in [1.54, 1.807) is 0 Å². The van der Waals surface area contributed by atoms with E-state index in [1.807, 2.05) is 13.8 Å². The van der Waals surface area contributed by atoms with Crippen LogP contribution in [0.25, 0.3) is 0 Å². The van der Waals surface area contributed by atoms with E-state index in [4.69, 9.17) is 5.11 Å². The molecule has 3 N–H and O–H groups in total. The maximum atomic E-state index is 8.84. The third-order valence-corrected chi connectivity index (χ3v) is 1.76. The summed E-state index contributed by atoms with van der Waals surface area (Å²) in [4.78, 5) is 4.36. The highest BCUT2D eigenvalue weighted by atomic mass is 16.3. The van der Waals surface area contributed by atoms with Gasteiger partial charge in [-0.05, 0) is 19.3 Å². The lowest BCUT2D eigenvalue weighted by Crippen LogP contribution is -2.38. The van der Waals surface area contributed by atoms with Gasteiger partial charge in [0.1, 0.15) is 0 Å². The first-order valence-corrected chi connectivity index (χ1v) is 5.37. The fraction of sp³-hybridized carbons (Fsp3) is 0.900. The van der Waals surface area contributed by atoms with Crippen LogP contribution in [0.4, 0.5) is 0 Å². The molecule has 4 heteroatoms. The molecule has 0 aromatic heterocycles. The fourth-order valence-corrected chi connectivity index (χ4v) is 0.890. The average Bonchev–Trinajstić information content (AvgIpc) is 2.21. The van der Waals surface area contributed by atoms with Gasteiger partial charge in [-0.3, -0.25) is 4.99 Å². The summed E-state index contributed by atoms with van der Waals surface area (Å²) in [5.41, 5.74) is 0. The molecule has 0 aliphatic heterocycles. The molecule has 0 amide bonds. The second kappa shape index (κ2) is 8.81. The van der Waals surface area contributed by atoms with Crippen LogP contribution in [0.15, 0.2) is 4.99 Å². The Balaban J connectivity index is 3.90. The molecule has 0 bridgehead atoms. The van der Waals surface area contributed by atoms with Crippen molar-refractivity contribution >= 4 is 5.96 Å². The lowest BCUT2D eigenvalue weighted by atomic mass is 10.2. The van der Waals surface area contributed by atoms with Gasteiger partial charge in [0.2, 0.25) is 0 Å². The van der Waals surface area contributed by atoms with E-state index < -0.39 is 0 Å². The van der Waals surface area contributed by atoms with E-state index in [9.17, 15) is 0 Å². The van der Waals surface area contributed by atoms with Gasteiger partial charge in [0.05, 0.1) is 0 Å². The summed E-state index contributed by atoms with van der Waals surface area (Å²) in [6.07, 6.45) is 1.08. The minimum Gasteiger partial charge on any atom is -0.396 e. The number of aliphatic hydroxyl groups excluding tert-OH is 1. The van der Waals surface area contributed by atoms with Gasteiger partial charge in [-0.2, -0.15) is 0 Å². The summed E-state index contributed by atoms with van der Waals surface area (Å²) < 4.78 is 0. The van der Waals surface area contributed by atoms with E-state index in [1.165, 1.54) is 0 Å². The predicted molar refractivity (Wildman–Crippen MR) is 60.5 cm³/mol. The van der Waals surface area contributed by atoms with Crippen molar-refractivity contribution in [2.75, 3.05) is 26.2 Å². The second-order valence-electron chi connectivity index (χ2n) is 3.43. The maximum absolute atomic E-state index is 8.84. The highest BCUT2D eigenvalue weighted by Crippen LogP contribution is 1.92. The zero-order valence-electron chi connectivity index (χ0n) is 9.51. The van der Waals surface area contributed by atoms with Gasteiger partial charge < -0.3 is 15.7 Å². The Kier molecular flexibility index (Phi) is 8.33. The highest BCUT2D eigenvalue weighted by Gasteiger charge is 1.99. The molecule has 14 heavy (non-hydrogen) atoms. The van der Waals surface area contributed by atoms with E-state index in [0.29, 0.717) is 6.54 Å². The Hall–Kier alpha value is -0.770. The second-order valence-corrected chi connectivity index (χ2v) is 3.43. The minimum atomic E-state index is 0.191. The summed E-state index contributed by atoms with van der Waals surface area (Å²) in [7, 11) is 0. The monoisotopic (exact) mass is 201 g/mol. The van der Waals surface area contributed by atoms with Crippen LogP contribution < -0.4 is 10.6 Å². The molecule has 0 saturated heterocycles. The lowest BCUT2D eigenvalue weighted by Gasteiger charge is -2.11. The molecule has 0 radical (unpaired) electrons. The van der Waals surface area contributed by atoms with Gasteiger partial charge in [-0.15, -0.1) is 0 Å². The zero-order valence-corrected chi connectivity index (χ0v) is 9.51. The molecule has 4 nitrogen and oxygen atoms in total. The predicted octanol–water partition coefficient (Wildman–Crippen LogP) is 0.580. The molecule has 0 fully saturated rings. The lowest BCUT2D eigenvalue weighted by molar-refractivity contribution is 0.241. The van der Waals surface area contributed by atoms with Crippen LogP contribution in [0.2, 0.25) is 0 Å². The molecule has 0 heterocycles. The first kappa shape index (κ1) is 13.2. The zero-order chi connectivity index (χ0) is 10.8. The van der Waals surface area contributed by atoms with Crippen molar-refractivity contribution in [3.63, 3.8) is 0 Å². The average molecular weight is 201 g/mol. The van der Waals surface area contributed by atoms with Crippen molar-refractivity contribution in [2.45, 2.75) is 27.2 Å². The van der Waals surface area contributed by atoms with Crippen LogP contribution >= 0.6 is 0 Å². The summed E-state index contributed by atoms with van der Waals surface area (Å²) in [5.74, 6) is 1.07. The van der Waals surface area contributed by atoms with Crippen LogP contribution in [0.3, 0.4) is 0 Å². The molecular formula is C10H23N3O. The van der Waals surface area contributed by atoms with Gasteiger partial charge >= 0.3 is 0 Å². The molecular weight excluding hydrogens is 178 g/mol. The molecule has 0 aliphatic rings. The number of rotatable bonds is 6. The van der Waals surface area contributed by atoms with Crippen LogP contribution in [0.5, 0.6) is 0 Å². The topological polar surface area (TPSA) is 56.7 Å². The summed E-state index contributed by atoms with van der Waals surface area (Å²) in [6.45, 7) is 8.78. The molecule has 1 atom stereocenters. The van der Waals surface area contributed by atoms with E-state index in [-0.39, 0.29) is 12.5 Å². The van der Waals surface area contributed by atoms with Crippen molar-refractivity contribution in [3.8, 4) is 0 Å². The minimum absolute atomic E-state index is 0.191. The summed E-state index contributed by atoms with van der Waals surface area (Å²) in [5, 5.41) is 15.2. The Morgan fingerprint density at radius 1 is 1.36 bits per heavy atom. The van der Waals surface area contributed by atoms with Gasteiger partial charge in [0.15, 0.2) is 5.96 Å². The molecule has 0 aromatic carbocycles. The number of hydrogen-bond donors (Lipinski definition) is 3. The van der Waals surface area contributed by atoms with Crippen LogP contribution in [0.1, 0.15) is 27.2 Å². The van der Waals surface area contributed by atoms with Crippen molar-refractivity contribution in [1.82, 2.24) is 10.6 Å². The third kappa shape index (κ3) is 6.71. The largest absolute Gasteiger partial charge is 0.396 e. The first-order valence-electron chi connectivity index (χ1n) is 5.37. The standard InChI is InChI=1S/C10H23N3O/c1-4-6-12-10(11-5-2)13-7-9(3)8-14/h9,14H,4-8H2,1-3H3,(H2,11,12,13). The van der Waals surface area contributed by atoms with E-state index in [0.717, 1.165) is 25.5 Å². The number of nitrogens with zero attached hydrogens (tertiary/aromatic N) is 1. The normalized spacial score (nSPS) is 13.9. The van der Waals surface area contributed by atoms with Crippen molar-refractivity contribution in [3.05, 3.63) is 0 Å². The SMILES string of the molecule is CCCNC(=NCC(C)CO)NCC. The van der Waals surface area contributed by atoms with Gasteiger partial charge in [-0.1, -0.05) is 13.8 Å². The smallest absolute Gasteiger partial charge is 0.191 e. The maximum Gasteiger partial charge on any atom is 0.191 e. The highest BCUT2D eigenvalue weighted by molar-refractivity contribution is 5.79. The van der Waals surface area contributed by atoms with Gasteiger partial charge in [0, 0.05) is 26.2 Å². The Morgan fingerprint density at radius 3 is 2.57 bits per heavy atom. The third-order valence-electron chi connectivity index (χ3n) is 1.76. The van der Waals surface area contributed by atoms with Crippen LogP contribution in [0, 0.1) is 5.92 Å². The molecule has 0 spiro atoms. The fourth-order valence-electron chi connectivity index (χ4n) is 0.890. The van der Waals surface area contributed by atoms with Gasteiger partial charge in [0.25, 0.3) is 0 Å². The number of nitrogens with one attached hydrogen (secondary N) is 2. The number of hydrogen-bond acceptors (Lipinski definition) is 2. The summed E-state index contributed by atoms with van der Waals surface area (Å²) >= 11 is 0. The Labute approximate surface area is 86.8 Å². The van der Waals surface area contributed by atoms with Crippen molar-refractivity contribution in [1.29, 1.82) is 0 Å². The van der Waals surface area contributed by atoms with E-state index in [2.05, 4.69) is 22.5 Å². The molecule has 0 rings (SSSR count). The van der Waals surface area contributed by atoms with Crippen LogP contribution in [-0.2, 0) is 0 Å². The molecule has 0 aromatic rings. The van der Waals surface area contributed by atoms with Gasteiger partial charge in [-0.25, -0.2) is 0 Å². The molecule has 84 valence electrons. The summed E-state index contributed by atoms with van der Waals surface area (Å²) in [6, 6.07) is 0. The van der Waals surface area contributed by atoms with Crippen molar-refractivity contribution in [2.24, 2.45) is 10.9 Å². The molecule has 0 saturated carbocycles. The Bertz CT molecular complexity index is 159. The first-order chi connectivity index (χ1) is 6.74. The quantitative estimate of drug-likeness (QED) is 0.435. The Morgan fingerprint density at radius 2 is 2.07 bits per heavy atom. The number of aliphatic hydroxyl groups is 1. The number of guanidine groups is 1. The van der Waals surface area contributed by atoms with Crippen LogP contribution in [-0.4, -0.2) is 37.3 Å².